The predicted molar refractivity (Wildman–Crippen MR) is 92.3 cm³/mol. The van der Waals surface area contributed by atoms with E-state index >= 15 is 0 Å². The van der Waals surface area contributed by atoms with Gasteiger partial charge in [-0.05, 0) is 37.6 Å². The first-order valence-electron chi connectivity index (χ1n) is 7.72. The lowest BCUT2D eigenvalue weighted by molar-refractivity contribution is -0.124. The van der Waals surface area contributed by atoms with Crippen LogP contribution in [0.25, 0.3) is 0 Å². The maximum Gasteiger partial charge on any atom is 0.241 e. The number of benzene rings is 1. The number of carbonyl (C=O) groups excluding carboxylic acids is 1. The molecular weight excluding hydrogens is 314 g/mol. The van der Waals surface area contributed by atoms with Gasteiger partial charge in [0.1, 0.15) is 0 Å². The fourth-order valence-electron chi connectivity index (χ4n) is 3.03. The van der Waals surface area contributed by atoms with Crippen molar-refractivity contribution in [3.8, 4) is 0 Å². The van der Waals surface area contributed by atoms with Crippen LogP contribution < -0.4 is 15.5 Å². The quantitative estimate of drug-likeness (QED) is 0.818. The summed E-state index contributed by atoms with van der Waals surface area (Å²) in [6.07, 6.45) is 1.78. The molecule has 0 spiro atoms. The molecule has 1 aromatic rings. The van der Waals surface area contributed by atoms with Gasteiger partial charge < -0.3 is 15.5 Å². The molecular formula is C16H25N3O3S. The fraction of sp³-hybridized carbons (Fsp3) is 0.562. The Morgan fingerprint density at radius 1 is 1.26 bits per heavy atom. The van der Waals surface area contributed by atoms with Gasteiger partial charge in [0, 0.05) is 32.6 Å². The Kier molecular flexibility index (Phi) is 5.31. The Hall–Kier alpha value is -1.60. The van der Waals surface area contributed by atoms with Crippen LogP contribution in [0.5, 0.6) is 0 Å². The zero-order valence-electron chi connectivity index (χ0n) is 13.9. The molecule has 0 aliphatic carbocycles. The number of carbonyl (C=O) groups is 1. The van der Waals surface area contributed by atoms with Crippen molar-refractivity contribution in [2.24, 2.45) is 0 Å². The summed E-state index contributed by atoms with van der Waals surface area (Å²) in [6, 6.07) is 7.75. The minimum absolute atomic E-state index is 0.312. The van der Waals surface area contributed by atoms with Crippen LogP contribution in [0, 0.1) is 0 Å². The van der Waals surface area contributed by atoms with Crippen molar-refractivity contribution in [3.05, 3.63) is 29.8 Å². The van der Waals surface area contributed by atoms with Gasteiger partial charge in [-0.25, -0.2) is 8.42 Å². The molecule has 1 amide bonds. The third-order valence-electron chi connectivity index (χ3n) is 4.45. The largest absolute Gasteiger partial charge is 0.377 e. The van der Waals surface area contributed by atoms with E-state index in [2.05, 4.69) is 10.6 Å². The van der Waals surface area contributed by atoms with Crippen LogP contribution in [0.1, 0.15) is 18.4 Å². The molecule has 1 aliphatic heterocycles. The summed E-state index contributed by atoms with van der Waals surface area (Å²) in [6.45, 7) is 1.39. The van der Waals surface area contributed by atoms with Crippen LogP contribution in [0.2, 0.25) is 0 Å². The van der Waals surface area contributed by atoms with Crippen molar-refractivity contribution in [2.75, 3.05) is 38.3 Å². The first-order chi connectivity index (χ1) is 10.8. The number of para-hydroxylation sites is 1. The van der Waals surface area contributed by atoms with Gasteiger partial charge in [0.05, 0.1) is 0 Å². The van der Waals surface area contributed by atoms with Crippen molar-refractivity contribution in [3.63, 3.8) is 0 Å². The molecule has 0 saturated carbocycles. The molecule has 0 bridgehead atoms. The van der Waals surface area contributed by atoms with Crippen molar-refractivity contribution in [2.45, 2.75) is 24.1 Å². The van der Waals surface area contributed by atoms with Gasteiger partial charge in [0.15, 0.2) is 14.6 Å². The molecule has 128 valence electrons. The number of rotatable bonds is 5. The van der Waals surface area contributed by atoms with Crippen molar-refractivity contribution in [1.29, 1.82) is 0 Å². The molecule has 0 aromatic heterocycles. The molecule has 1 heterocycles. The molecule has 23 heavy (non-hydrogen) atoms. The van der Waals surface area contributed by atoms with E-state index in [0.717, 1.165) is 17.5 Å². The average molecular weight is 339 g/mol. The lowest BCUT2D eigenvalue weighted by Gasteiger charge is -2.34. The zero-order valence-corrected chi connectivity index (χ0v) is 14.7. The highest BCUT2D eigenvalue weighted by atomic mass is 32.2. The Morgan fingerprint density at radius 3 is 2.43 bits per heavy atom. The Morgan fingerprint density at radius 2 is 1.87 bits per heavy atom. The van der Waals surface area contributed by atoms with E-state index in [0.29, 0.717) is 32.5 Å². The van der Waals surface area contributed by atoms with Gasteiger partial charge in [-0.15, -0.1) is 0 Å². The smallest absolute Gasteiger partial charge is 0.241 e. The first kappa shape index (κ1) is 17.7. The summed E-state index contributed by atoms with van der Waals surface area (Å²) >= 11 is 0. The van der Waals surface area contributed by atoms with Crippen molar-refractivity contribution < 1.29 is 13.2 Å². The second kappa shape index (κ2) is 6.88. The molecule has 2 N–H and O–H groups in total. The number of hydrogen-bond donors (Lipinski definition) is 2. The van der Waals surface area contributed by atoms with E-state index in [1.165, 1.54) is 0 Å². The van der Waals surface area contributed by atoms with Gasteiger partial charge in [0.25, 0.3) is 0 Å². The van der Waals surface area contributed by atoms with Crippen molar-refractivity contribution in [1.82, 2.24) is 10.6 Å². The maximum absolute atomic E-state index is 12.7. The van der Waals surface area contributed by atoms with Gasteiger partial charge in [-0.1, -0.05) is 18.2 Å². The number of sulfone groups is 1. The molecule has 1 aromatic carbocycles. The Bertz CT molecular complexity index is 665. The summed E-state index contributed by atoms with van der Waals surface area (Å²) in [5.41, 5.74) is 1.97. The third-order valence-corrected chi connectivity index (χ3v) is 6.46. The standard InChI is InChI=1S/C16H25N3O3S/c1-19(2)14-7-5-4-6-13(14)12-18-15(20)16(23(3,21)22)8-10-17-11-9-16/h4-7,17H,8-12H2,1-3H3,(H,18,20). The van der Waals surface area contributed by atoms with E-state index in [1.54, 1.807) is 0 Å². The number of nitrogens with one attached hydrogen (secondary N) is 2. The summed E-state index contributed by atoms with van der Waals surface area (Å²) < 4.78 is 23.2. The zero-order chi connectivity index (χ0) is 17.1. The topological polar surface area (TPSA) is 78.5 Å². The summed E-state index contributed by atoms with van der Waals surface area (Å²) in [7, 11) is 0.392. The molecule has 0 radical (unpaired) electrons. The van der Waals surface area contributed by atoms with Crippen molar-refractivity contribution >= 4 is 21.4 Å². The normalized spacial score (nSPS) is 17.5. The summed E-state index contributed by atoms with van der Waals surface area (Å²) in [4.78, 5) is 14.7. The van der Waals surface area contributed by atoms with E-state index < -0.39 is 20.5 Å². The van der Waals surface area contributed by atoms with E-state index in [9.17, 15) is 13.2 Å². The summed E-state index contributed by atoms with van der Waals surface area (Å²) in [5.74, 6) is -0.393. The van der Waals surface area contributed by atoms with Crippen LogP contribution >= 0.6 is 0 Å². The highest BCUT2D eigenvalue weighted by molar-refractivity contribution is 7.92. The van der Waals surface area contributed by atoms with Gasteiger partial charge in [-0.2, -0.15) is 0 Å². The van der Waals surface area contributed by atoms with Gasteiger partial charge >= 0.3 is 0 Å². The van der Waals surface area contributed by atoms with E-state index in [4.69, 9.17) is 0 Å². The molecule has 0 atom stereocenters. The molecule has 6 nitrogen and oxygen atoms in total. The number of nitrogens with zero attached hydrogens (tertiary/aromatic N) is 1. The number of hydrogen-bond acceptors (Lipinski definition) is 5. The lowest BCUT2D eigenvalue weighted by atomic mass is 9.95. The Balaban J connectivity index is 2.18. The fourth-order valence-corrected chi connectivity index (χ4v) is 4.38. The maximum atomic E-state index is 12.7. The second-order valence-electron chi connectivity index (χ2n) is 6.22. The third kappa shape index (κ3) is 3.67. The molecule has 7 heteroatoms. The van der Waals surface area contributed by atoms with E-state index in [1.807, 2.05) is 43.3 Å². The molecule has 1 saturated heterocycles. The van der Waals surface area contributed by atoms with Crippen LogP contribution in [0.4, 0.5) is 5.69 Å². The highest BCUT2D eigenvalue weighted by Gasteiger charge is 2.48. The molecule has 2 rings (SSSR count). The molecule has 0 unspecified atom stereocenters. The molecule has 1 fully saturated rings. The average Bonchev–Trinajstić information content (AvgIpc) is 2.52. The van der Waals surface area contributed by atoms with Crippen LogP contribution in [0.3, 0.4) is 0 Å². The number of amides is 1. The van der Waals surface area contributed by atoms with Crippen LogP contribution in [-0.2, 0) is 21.2 Å². The van der Waals surface area contributed by atoms with Crippen LogP contribution in [-0.4, -0.2) is 52.5 Å². The second-order valence-corrected chi connectivity index (χ2v) is 8.55. The number of piperidine rings is 1. The minimum atomic E-state index is -3.48. The van der Waals surface area contributed by atoms with Gasteiger partial charge in [0.2, 0.25) is 5.91 Å². The monoisotopic (exact) mass is 339 g/mol. The molecule has 1 aliphatic rings. The lowest BCUT2D eigenvalue weighted by Crippen LogP contribution is -2.57. The van der Waals surface area contributed by atoms with E-state index in [-0.39, 0.29) is 0 Å². The van der Waals surface area contributed by atoms with Crippen LogP contribution in [0.15, 0.2) is 24.3 Å². The predicted octanol–water partition coefficient (Wildman–Crippen LogP) is 0.536. The summed E-state index contributed by atoms with van der Waals surface area (Å²) in [5, 5.41) is 5.95. The minimum Gasteiger partial charge on any atom is -0.377 e. The number of anilines is 1. The Labute approximate surface area is 138 Å². The SMILES string of the molecule is CN(C)c1ccccc1CNC(=O)C1(S(C)(=O)=O)CCNCC1. The van der Waals surface area contributed by atoms with Gasteiger partial charge in [-0.3, -0.25) is 4.79 Å². The highest BCUT2D eigenvalue weighted by Crippen LogP contribution is 2.28. The first-order valence-corrected chi connectivity index (χ1v) is 9.61.